The maximum absolute atomic E-state index is 5.25. The van der Waals surface area contributed by atoms with Gasteiger partial charge in [0.2, 0.25) is 5.96 Å². The third-order valence-corrected chi connectivity index (χ3v) is 1.45. The van der Waals surface area contributed by atoms with Crippen LogP contribution in [0.3, 0.4) is 0 Å². The van der Waals surface area contributed by atoms with E-state index in [2.05, 4.69) is 22.7 Å². The summed E-state index contributed by atoms with van der Waals surface area (Å²) in [6.07, 6.45) is 1.97. The fraction of sp³-hybridized carbons (Fsp3) is 0.875. The van der Waals surface area contributed by atoms with Crippen molar-refractivity contribution < 1.29 is 4.74 Å². The predicted molar refractivity (Wildman–Crippen MR) is 54.4 cm³/mol. The average molecular weight is 188 g/mol. The summed E-state index contributed by atoms with van der Waals surface area (Å²) in [5.74, 6) is 5.90. The van der Waals surface area contributed by atoms with Crippen LogP contribution >= 0.6 is 0 Å². The Morgan fingerprint density at radius 2 is 2.31 bits per heavy atom. The van der Waals surface area contributed by atoms with Crippen molar-refractivity contribution in [1.82, 2.24) is 10.7 Å². The molecule has 0 spiro atoms. The van der Waals surface area contributed by atoms with Gasteiger partial charge in [0.25, 0.3) is 0 Å². The highest BCUT2D eigenvalue weighted by Crippen LogP contribution is 1.80. The molecule has 0 unspecified atom stereocenters. The number of rotatable bonds is 6. The van der Waals surface area contributed by atoms with Gasteiger partial charge in [-0.25, -0.2) is 5.84 Å². The molecule has 0 radical (unpaired) electrons. The molecule has 0 aromatic carbocycles. The molecule has 0 aliphatic carbocycles. The Hall–Kier alpha value is -0.810. The van der Waals surface area contributed by atoms with Gasteiger partial charge in [0.15, 0.2) is 0 Å². The Bertz CT molecular complexity index is 138. The van der Waals surface area contributed by atoms with Gasteiger partial charge in [-0.1, -0.05) is 6.92 Å². The molecule has 0 aromatic heterocycles. The number of guanidine groups is 1. The van der Waals surface area contributed by atoms with E-state index in [0.29, 0.717) is 5.96 Å². The summed E-state index contributed by atoms with van der Waals surface area (Å²) >= 11 is 0. The van der Waals surface area contributed by atoms with Crippen LogP contribution in [0.2, 0.25) is 0 Å². The lowest BCUT2D eigenvalue weighted by Crippen LogP contribution is -2.42. The molecule has 0 heterocycles. The Labute approximate surface area is 79.7 Å². The first-order valence-corrected chi connectivity index (χ1v) is 4.59. The van der Waals surface area contributed by atoms with Crippen molar-refractivity contribution in [2.45, 2.75) is 19.8 Å². The number of ether oxygens (including phenoxy) is 1. The Morgan fingerprint density at radius 1 is 1.54 bits per heavy atom. The molecular weight excluding hydrogens is 168 g/mol. The molecule has 0 aliphatic rings. The minimum atomic E-state index is 0.651. The van der Waals surface area contributed by atoms with Gasteiger partial charge in [0, 0.05) is 26.8 Å². The van der Waals surface area contributed by atoms with Crippen LogP contribution in [0.25, 0.3) is 0 Å². The van der Waals surface area contributed by atoms with Gasteiger partial charge < -0.3 is 10.1 Å². The normalized spacial score (nSPS) is 11.5. The standard InChI is InChI=1S/C8H20N4O/c1-3-5-10-8(12-9)11-6-4-7-13-2/h3-7,9H2,1-2H3,(H2,10,11,12). The zero-order valence-electron chi connectivity index (χ0n) is 8.47. The molecule has 0 fully saturated rings. The van der Waals surface area contributed by atoms with Crippen LogP contribution < -0.4 is 16.6 Å². The molecule has 4 N–H and O–H groups in total. The van der Waals surface area contributed by atoms with Crippen molar-refractivity contribution in [3.63, 3.8) is 0 Å². The van der Waals surface area contributed by atoms with Crippen molar-refractivity contribution in [3.8, 4) is 0 Å². The number of hydrogen-bond donors (Lipinski definition) is 3. The fourth-order valence-electron chi connectivity index (χ4n) is 0.799. The summed E-state index contributed by atoms with van der Waals surface area (Å²) in [6.45, 7) is 4.43. The number of nitrogens with one attached hydrogen (secondary N) is 2. The first-order valence-electron chi connectivity index (χ1n) is 4.59. The Balaban J connectivity index is 3.47. The van der Waals surface area contributed by atoms with E-state index < -0.39 is 0 Å². The Morgan fingerprint density at radius 3 is 2.85 bits per heavy atom. The zero-order valence-corrected chi connectivity index (χ0v) is 8.47. The van der Waals surface area contributed by atoms with Crippen LogP contribution in [-0.2, 0) is 4.74 Å². The van der Waals surface area contributed by atoms with E-state index in [1.807, 2.05) is 0 Å². The summed E-state index contributed by atoms with van der Waals surface area (Å²) in [7, 11) is 1.69. The van der Waals surface area contributed by atoms with E-state index >= 15 is 0 Å². The zero-order chi connectivity index (χ0) is 9.94. The lowest BCUT2D eigenvalue weighted by molar-refractivity contribution is 0.195. The van der Waals surface area contributed by atoms with Gasteiger partial charge in [0.05, 0.1) is 0 Å². The van der Waals surface area contributed by atoms with Crippen molar-refractivity contribution in [3.05, 3.63) is 0 Å². The second kappa shape index (κ2) is 9.28. The van der Waals surface area contributed by atoms with E-state index in [4.69, 9.17) is 10.6 Å². The maximum Gasteiger partial charge on any atom is 0.205 e. The van der Waals surface area contributed by atoms with Crippen molar-refractivity contribution in [2.24, 2.45) is 10.8 Å². The SMILES string of the molecule is CCCN=C(NN)NCCCOC. The van der Waals surface area contributed by atoms with E-state index in [9.17, 15) is 0 Å². The quantitative estimate of drug-likeness (QED) is 0.178. The van der Waals surface area contributed by atoms with Gasteiger partial charge in [-0.3, -0.25) is 10.4 Å². The summed E-state index contributed by atoms with van der Waals surface area (Å²) in [5.41, 5.74) is 2.51. The highest BCUT2D eigenvalue weighted by Gasteiger charge is 1.92. The molecule has 0 atom stereocenters. The number of hydrazine groups is 1. The molecule has 13 heavy (non-hydrogen) atoms. The first kappa shape index (κ1) is 12.2. The molecule has 0 amide bonds. The van der Waals surface area contributed by atoms with E-state index in [1.165, 1.54) is 0 Å². The molecule has 0 saturated heterocycles. The summed E-state index contributed by atoms with van der Waals surface area (Å²) in [5, 5.41) is 3.07. The molecule has 0 aromatic rings. The highest BCUT2D eigenvalue weighted by molar-refractivity contribution is 5.79. The van der Waals surface area contributed by atoms with Crippen molar-refractivity contribution >= 4 is 5.96 Å². The molecule has 0 bridgehead atoms. The van der Waals surface area contributed by atoms with Gasteiger partial charge in [-0.15, -0.1) is 0 Å². The van der Waals surface area contributed by atoms with Crippen LogP contribution in [0.15, 0.2) is 4.99 Å². The van der Waals surface area contributed by atoms with E-state index in [0.717, 1.165) is 32.5 Å². The number of hydrogen-bond acceptors (Lipinski definition) is 3. The number of nitrogens with zero attached hydrogens (tertiary/aromatic N) is 1. The van der Waals surface area contributed by atoms with Crippen molar-refractivity contribution in [1.29, 1.82) is 0 Å². The summed E-state index contributed by atoms with van der Waals surface area (Å²) < 4.78 is 4.91. The topological polar surface area (TPSA) is 71.7 Å². The lowest BCUT2D eigenvalue weighted by atomic mass is 10.4. The van der Waals surface area contributed by atoms with Gasteiger partial charge in [-0.2, -0.15) is 0 Å². The lowest BCUT2D eigenvalue weighted by Gasteiger charge is -2.08. The molecular formula is C8H20N4O. The third kappa shape index (κ3) is 7.55. The number of methoxy groups -OCH3 is 1. The second-order valence-corrected chi connectivity index (χ2v) is 2.65. The third-order valence-electron chi connectivity index (χ3n) is 1.45. The molecule has 78 valence electrons. The highest BCUT2D eigenvalue weighted by atomic mass is 16.5. The van der Waals surface area contributed by atoms with Gasteiger partial charge in [-0.05, 0) is 12.8 Å². The van der Waals surface area contributed by atoms with E-state index in [-0.39, 0.29) is 0 Å². The Kier molecular flexibility index (Phi) is 8.70. The minimum absolute atomic E-state index is 0.651. The van der Waals surface area contributed by atoms with Crippen LogP contribution in [0, 0.1) is 0 Å². The molecule has 0 aliphatic heterocycles. The molecule has 0 rings (SSSR count). The van der Waals surface area contributed by atoms with Crippen LogP contribution in [0.5, 0.6) is 0 Å². The average Bonchev–Trinajstić information content (AvgIpc) is 2.17. The number of nitrogens with two attached hydrogens (primary N) is 1. The molecule has 0 saturated carbocycles. The van der Waals surface area contributed by atoms with E-state index in [1.54, 1.807) is 7.11 Å². The molecule has 5 heteroatoms. The van der Waals surface area contributed by atoms with Gasteiger partial charge in [0.1, 0.15) is 0 Å². The summed E-state index contributed by atoms with van der Waals surface area (Å²) in [4.78, 5) is 4.19. The number of aliphatic imine (C=N–C) groups is 1. The monoisotopic (exact) mass is 188 g/mol. The fourth-order valence-corrected chi connectivity index (χ4v) is 0.799. The van der Waals surface area contributed by atoms with Crippen LogP contribution in [-0.4, -0.2) is 32.8 Å². The molecule has 5 nitrogen and oxygen atoms in total. The second-order valence-electron chi connectivity index (χ2n) is 2.65. The van der Waals surface area contributed by atoms with Gasteiger partial charge >= 0.3 is 0 Å². The largest absolute Gasteiger partial charge is 0.385 e. The van der Waals surface area contributed by atoms with Crippen LogP contribution in [0.4, 0.5) is 0 Å². The first-order chi connectivity index (χ1) is 6.35. The minimum Gasteiger partial charge on any atom is -0.385 e. The summed E-state index contributed by atoms with van der Waals surface area (Å²) in [6, 6.07) is 0. The maximum atomic E-state index is 5.25. The van der Waals surface area contributed by atoms with Crippen molar-refractivity contribution in [2.75, 3.05) is 26.8 Å². The van der Waals surface area contributed by atoms with Crippen LogP contribution in [0.1, 0.15) is 19.8 Å². The predicted octanol–water partition coefficient (Wildman–Crippen LogP) is -0.158. The smallest absolute Gasteiger partial charge is 0.205 e.